The molecule has 0 aromatic heterocycles. The van der Waals surface area contributed by atoms with Gasteiger partial charge in [-0.1, -0.05) is 0 Å². The Morgan fingerprint density at radius 1 is 1.24 bits per heavy atom. The molecule has 0 bridgehead atoms. The lowest BCUT2D eigenvalue weighted by Gasteiger charge is -2.35. The first-order valence-corrected chi connectivity index (χ1v) is 6.11. The number of amides is 1. The zero-order valence-corrected chi connectivity index (χ0v) is 10.8. The second kappa shape index (κ2) is 6.59. The highest BCUT2D eigenvalue weighted by Gasteiger charge is 2.25. The number of hydrogen-bond acceptors (Lipinski definition) is 4. The topological polar surface area (TPSA) is 55.8 Å². The molecule has 1 aliphatic heterocycles. The molecule has 0 saturated carbocycles. The standard InChI is InChI=1S/C12H21NO4/c1-4-16-12(15)6-5-11(14)13-7-9(2)17-10(3)8-13/h9-10H,4-8H2,1-3H3. The molecule has 1 aliphatic rings. The quantitative estimate of drug-likeness (QED) is 0.690. The highest BCUT2D eigenvalue weighted by molar-refractivity contribution is 5.81. The summed E-state index contributed by atoms with van der Waals surface area (Å²) >= 11 is 0. The van der Waals surface area contributed by atoms with Crippen molar-refractivity contribution >= 4 is 11.9 Å². The van der Waals surface area contributed by atoms with Gasteiger partial charge in [0.2, 0.25) is 5.91 Å². The number of esters is 1. The van der Waals surface area contributed by atoms with Gasteiger partial charge in [0, 0.05) is 19.5 Å². The Hall–Kier alpha value is -1.10. The van der Waals surface area contributed by atoms with Crippen LogP contribution in [0.1, 0.15) is 33.6 Å². The van der Waals surface area contributed by atoms with Gasteiger partial charge in [-0.2, -0.15) is 0 Å². The van der Waals surface area contributed by atoms with Crippen molar-refractivity contribution in [1.29, 1.82) is 0 Å². The van der Waals surface area contributed by atoms with Gasteiger partial charge in [0.1, 0.15) is 0 Å². The molecule has 1 fully saturated rings. The molecule has 5 heteroatoms. The molecule has 98 valence electrons. The number of ether oxygens (including phenoxy) is 2. The molecule has 1 amide bonds. The van der Waals surface area contributed by atoms with Crippen LogP contribution in [0.5, 0.6) is 0 Å². The van der Waals surface area contributed by atoms with Gasteiger partial charge < -0.3 is 14.4 Å². The summed E-state index contributed by atoms with van der Waals surface area (Å²) in [5, 5.41) is 0. The smallest absolute Gasteiger partial charge is 0.306 e. The third kappa shape index (κ3) is 4.73. The lowest BCUT2D eigenvalue weighted by atomic mass is 10.2. The predicted molar refractivity (Wildman–Crippen MR) is 62.5 cm³/mol. The summed E-state index contributed by atoms with van der Waals surface area (Å²) in [6.07, 6.45) is 0.501. The predicted octanol–water partition coefficient (Wildman–Crippen LogP) is 0.965. The van der Waals surface area contributed by atoms with Crippen LogP contribution in [0.15, 0.2) is 0 Å². The van der Waals surface area contributed by atoms with Crippen molar-refractivity contribution in [3.63, 3.8) is 0 Å². The van der Waals surface area contributed by atoms with Gasteiger partial charge in [-0.05, 0) is 20.8 Å². The molecule has 2 atom stereocenters. The Balaban J connectivity index is 2.34. The summed E-state index contributed by atoms with van der Waals surface area (Å²) in [5.74, 6) is -0.310. The number of morpholine rings is 1. The molecule has 0 aromatic carbocycles. The van der Waals surface area contributed by atoms with E-state index in [2.05, 4.69) is 0 Å². The fourth-order valence-electron chi connectivity index (χ4n) is 1.98. The van der Waals surface area contributed by atoms with E-state index in [1.807, 2.05) is 13.8 Å². The minimum Gasteiger partial charge on any atom is -0.466 e. The van der Waals surface area contributed by atoms with Crippen LogP contribution in [0.4, 0.5) is 0 Å². The fraction of sp³-hybridized carbons (Fsp3) is 0.833. The van der Waals surface area contributed by atoms with Gasteiger partial charge in [0.15, 0.2) is 0 Å². The molecule has 0 aliphatic carbocycles. The fourth-order valence-corrected chi connectivity index (χ4v) is 1.98. The minimum atomic E-state index is -0.310. The van der Waals surface area contributed by atoms with Crippen molar-refractivity contribution in [2.75, 3.05) is 19.7 Å². The van der Waals surface area contributed by atoms with Crippen molar-refractivity contribution in [2.45, 2.75) is 45.8 Å². The van der Waals surface area contributed by atoms with E-state index in [0.717, 1.165) is 0 Å². The zero-order valence-electron chi connectivity index (χ0n) is 10.8. The Kier molecular flexibility index (Phi) is 5.41. The average molecular weight is 243 g/mol. The summed E-state index contributed by atoms with van der Waals surface area (Å²) in [6.45, 7) is 7.21. The average Bonchev–Trinajstić information content (AvgIpc) is 2.25. The van der Waals surface area contributed by atoms with E-state index in [-0.39, 0.29) is 36.9 Å². The highest BCUT2D eigenvalue weighted by atomic mass is 16.5. The van der Waals surface area contributed by atoms with Crippen LogP contribution < -0.4 is 0 Å². The van der Waals surface area contributed by atoms with Crippen LogP contribution in [0.3, 0.4) is 0 Å². The van der Waals surface area contributed by atoms with Gasteiger partial charge in [0.05, 0.1) is 25.2 Å². The van der Waals surface area contributed by atoms with Crippen molar-refractivity contribution < 1.29 is 19.1 Å². The van der Waals surface area contributed by atoms with E-state index in [1.54, 1.807) is 11.8 Å². The first-order valence-electron chi connectivity index (χ1n) is 6.11. The third-order valence-corrected chi connectivity index (χ3v) is 2.62. The molecule has 5 nitrogen and oxygen atoms in total. The molecule has 1 rings (SSSR count). The minimum absolute atomic E-state index is 0.0000491. The number of hydrogen-bond donors (Lipinski definition) is 0. The zero-order chi connectivity index (χ0) is 12.8. The maximum absolute atomic E-state index is 11.9. The molecule has 0 aromatic rings. The van der Waals surface area contributed by atoms with E-state index in [0.29, 0.717) is 19.7 Å². The maximum Gasteiger partial charge on any atom is 0.306 e. The van der Waals surface area contributed by atoms with E-state index in [9.17, 15) is 9.59 Å². The summed E-state index contributed by atoms with van der Waals surface area (Å²) in [7, 11) is 0. The molecule has 0 radical (unpaired) electrons. The molecule has 1 saturated heterocycles. The van der Waals surface area contributed by atoms with Crippen LogP contribution in [0.25, 0.3) is 0 Å². The van der Waals surface area contributed by atoms with Crippen LogP contribution in [-0.4, -0.2) is 48.7 Å². The van der Waals surface area contributed by atoms with Crippen molar-refractivity contribution in [3.05, 3.63) is 0 Å². The summed E-state index contributed by atoms with van der Waals surface area (Å²) in [6, 6.07) is 0. The summed E-state index contributed by atoms with van der Waals surface area (Å²) < 4.78 is 10.3. The van der Waals surface area contributed by atoms with Crippen LogP contribution in [0, 0.1) is 0 Å². The van der Waals surface area contributed by atoms with Crippen LogP contribution in [-0.2, 0) is 19.1 Å². The van der Waals surface area contributed by atoms with Crippen LogP contribution in [0.2, 0.25) is 0 Å². The summed E-state index contributed by atoms with van der Waals surface area (Å²) in [4.78, 5) is 24.8. The first kappa shape index (κ1) is 14.0. The monoisotopic (exact) mass is 243 g/mol. The van der Waals surface area contributed by atoms with Crippen LogP contribution >= 0.6 is 0 Å². The highest BCUT2D eigenvalue weighted by Crippen LogP contribution is 2.12. The van der Waals surface area contributed by atoms with Gasteiger partial charge in [-0.15, -0.1) is 0 Å². The Bertz CT molecular complexity index is 270. The van der Waals surface area contributed by atoms with Crippen molar-refractivity contribution in [3.8, 4) is 0 Å². The van der Waals surface area contributed by atoms with E-state index in [4.69, 9.17) is 9.47 Å². The Labute approximate surface area is 102 Å². The van der Waals surface area contributed by atoms with Gasteiger partial charge in [-0.3, -0.25) is 9.59 Å². The third-order valence-electron chi connectivity index (χ3n) is 2.62. The lowest BCUT2D eigenvalue weighted by Crippen LogP contribution is -2.48. The number of carbonyl (C=O) groups excluding carboxylic acids is 2. The van der Waals surface area contributed by atoms with Crippen molar-refractivity contribution in [2.24, 2.45) is 0 Å². The normalized spacial score (nSPS) is 24.5. The van der Waals surface area contributed by atoms with Gasteiger partial charge in [-0.25, -0.2) is 0 Å². The molecule has 17 heavy (non-hydrogen) atoms. The second-order valence-electron chi connectivity index (χ2n) is 4.36. The number of nitrogens with zero attached hydrogens (tertiary/aromatic N) is 1. The van der Waals surface area contributed by atoms with E-state index < -0.39 is 0 Å². The van der Waals surface area contributed by atoms with Gasteiger partial charge >= 0.3 is 5.97 Å². The molecule has 1 heterocycles. The molecule has 2 unspecified atom stereocenters. The molecule has 0 N–H and O–H groups in total. The lowest BCUT2D eigenvalue weighted by molar-refractivity contribution is -0.149. The summed E-state index contributed by atoms with van der Waals surface area (Å²) in [5.41, 5.74) is 0. The van der Waals surface area contributed by atoms with Crippen molar-refractivity contribution in [1.82, 2.24) is 4.90 Å². The molecular weight excluding hydrogens is 222 g/mol. The second-order valence-corrected chi connectivity index (χ2v) is 4.36. The molecule has 0 spiro atoms. The first-order chi connectivity index (χ1) is 8.02. The SMILES string of the molecule is CCOC(=O)CCC(=O)N1CC(C)OC(C)C1. The molecular formula is C12H21NO4. The maximum atomic E-state index is 11.9. The Morgan fingerprint density at radius 2 is 1.82 bits per heavy atom. The van der Waals surface area contributed by atoms with E-state index >= 15 is 0 Å². The largest absolute Gasteiger partial charge is 0.466 e. The number of rotatable bonds is 4. The number of carbonyl (C=O) groups is 2. The Morgan fingerprint density at radius 3 is 2.35 bits per heavy atom. The van der Waals surface area contributed by atoms with E-state index in [1.165, 1.54) is 0 Å². The van der Waals surface area contributed by atoms with Gasteiger partial charge in [0.25, 0.3) is 0 Å².